The minimum atomic E-state index is 0.592. The second-order valence-electron chi connectivity index (χ2n) is 3.65. The zero-order chi connectivity index (χ0) is 11.7. The lowest BCUT2D eigenvalue weighted by Gasteiger charge is -1.99. The Morgan fingerprint density at radius 2 is 1.82 bits per heavy atom. The van der Waals surface area contributed by atoms with E-state index in [4.69, 9.17) is 5.26 Å². The molecular formula is C13H8N4. The third-order valence-corrected chi connectivity index (χ3v) is 2.56. The fraction of sp³-hybridized carbons (Fsp3) is 0. The number of nitriles is 1. The molecule has 3 rings (SSSR count). The molecule has 0 aliphatic rings. The molecule has 0 saturated carbocycles. The first-order valence-electron chi connectivity index (χ1n) is 5.19. The van der Waals surface area contributed by atoms with Gasteiger partial charge in [-0.2, -0.15) is 5.26 Å². The highest BCUT2D eigenvalue weighted by Gasteiger charge is 2.07. The Hall–Kier alpha value is -2.67. The highest BCUT2D eigenvalue weighted by atomic mass is 15.2. The Balaban J connectivity index is 2.28. The number of hydrogen-bond acceptors (Lipinski definition) is 3. The molecule has 0 radical (unpaired) electrons. The second-order valence-corrected chi connectivity index (χ2v) is 3.65. The highest BCUT2D eigenvalue weighted by Crippen LogP contribution is 2.18. The van der Waals surface area contributed by atoms with E-state index in [-0.39, 0.29) is 0 Å². The van der Waals surface area contributed by atoms with Crippen LogP contribution < -0.4 is 0 Å². The topological polar surface area (TPSA) is 54.0 Å². The van der Waals surface area contributed by atoms with Gasteiger partial charge in [0.05, 0.1) is 5.56 Å². The average Bonchev–Trinajstić information content (AvgIpc) is 2.82. The van der Waals surface area contributed by atoms with E-state index in [0.717, 1.165) is 17.0 Å². The molecule has 4 nitrogen and oxygen atoms in total. The number of nitrogens with zero attached hydrogens (tertiary/aromatic N) is 4. The predicted octanol–water partition coefficient (Wildman–Crippen LogP) is 2.27. The number of pyridine rings is 1. The Morgan fingerprint density at radius 1 is 1.00 bits per heavy atom. The van der Waals surface area contributed by atoms with Crippen molar-refractivity contribution in [3.05, 3.63) is 54.2 Å². The molecule has 0 aliphatic carbocycles. The van der Waals surface area contributed by atoms with E-state index >= 15 is 0 Å². The van der Waals surface area contributed by atoms with Crippen molar-refractivity contribution < 1.29 is 0 Å². The molecule has 0 bridgehead atoms. The van der Waals surface area contributed by atoms with Crippen LogP contribution >= 0.6 is 0 Å². The summed E-state index contributed by atoms with van der Waals surface area (Å²) < 4.78 is 1.83. The molecule has 80 valence electrons. The quantitative estimate of drug-likeness (QED) is 0.632. The van der Waals surface area contributed by atoms with Gasteiger partial charge < -0.3 is 0 Å². The summed E-state index contributed by atoms with van der Waals surface area (Å²) in [6.45, 7) is 0. The van der Waals surface area contributed by atoms with E-state index in [1.807, 2.05) is 34.7 Å². The van der Waals surface area contributed by atoms with Gasteiger partial charge in [0.15, 0.2) is 11.5 Å². The van der Waals surface area contributed by atoms with Crippen molar-refractivity contribution in [2.75, 3.05) is 0 Å². The molecule has 1 aromatic carbocycles. The van der Waals surface area contributed by atoms with Gasteiger partial charge in [-0.1, -0.05) is 30.3 Å². The molecule has 0 spiro atoms. The lowest BCUT2D eigenvalue weighted by Crippen LogP contribution is -1.90. The van der Waals surface area contributed by atoms with Crippen LogP contribution in [0.2, 0.25) is 0 Å². The fourth-order valence-electron chi connectivity index (χ4n) is 1.74. The van der Waals surface area contributed by atoms with Gasteiger partial charge in [0, 0.05) is 11.8 Å². The maximum absolute atomic E-state index is 8.89. The Labute approximate surface area is 97.8 Å². The number of fused-ring (bicyclic) bond motifs is 1. The van der Waals surface area contributed by atoms with Crippen LogP contribution in [-0.2, 0) is 0 Å². The monoisotopic (exact) mass is 220 g/mol. The third-order valence-electron chi connectivity index (χ3n) is 2.56. The lowest BCUT2D eigenvalue weighted by atomic mass is 10.2. The zero-order valence-electron chi connectivity index (χ0n) is 8.91. The van der Waals surface area contributed by atoms with Crippen molar-refractivity contribution >= 4 is 5.65 Å². The summed E-state index contributed by atoms with van der Waals surface area (Å²) in [6.07, 6.45) is 1.75. The zero-order valence-corrected chi connectivity index (χ0v) is 8.91. The van der Waals surface area contributed by atoms with E-state index in [1.165, 1.54) is 0 Å². The van der Waals surface area contributed by atoms with E-state index < -0.39 is 0 Å². The Morgan fingerprint density at radius 3 is 2.59 bits per heavy atom. The second kappa shape index (κ2) is 3.72. The summed E-state index contributed by atoms with van der Waals surface area (Å²) >= 11 is 0. The van der Waals surface area contributed by atoms with E-state index in [0.29, 0.717) is 5.56 Å². The third kappa shape index (κ3) is 1.54. The first-order valence-corrected chi connectivity index (χ1v) is 5.19. The summed E-state index contributed by atoms with van der Waals surface area (Å²) in [7, 11) is 0. The van der Waals surface area contributed by atoms with Crippen molar-refractivity contribution in [2.24, 2.45) is 0 Å². The van der Waals surface area contributed by atoms with Crippen LogP contribution in [0.4, 0.5) is 0 Å². The summed E-state index contributed by atoms with van der Waals surface area (Å²) in [5.74, 6) is 0.748. The maximum Gasteiger partial charge on any atom is 0.168 e. The van der Waals surface area contributed by atoms with Gasteiger partial charge in [0.1, 0.15) is 6.07 Å². The lowest BCUT2D eigenvalue weighted by molar-refractivity contribution is 1.11. The average molecular weight is 220 g/mol. The molecule has 0 aliphatic heterocycles. The van der Waals surface area contributed by atoms with Crippen LogP contribution in [0.1, 0.15) is 5.56 Å². The van der Waals surface area contributed by atoms with Crippen LogP contribution in [0.5, 0.6) is 0 Å². The van der Waals surface area contributed by atoms with E-state index in [9.17, 15) is 0 Å². The van der Waals surface area contributed by atoms with Crippen molar-refractivity contribution in [3.63, 3.8) is 0 Å². The standard InChI is InChI=1S/C13H8N4/c14-8-10-6-7-12-15-16-13(17(12)9-10)11-4-2-1-3-5-11/h1-7,9H. The molecule has 4 heteroatoms. The van der Waals surface area contributed by atoms with Gasteiger partial charge >= 0.3 is 0 Å². The Bertz CT molecular complexity index is 707. The minimum Gasteiger partial charge on any atom is -0.281 e. The van der Waals surface area contributed by atoms with Crippen LogP contribution in [0, 0.1) is 11.3 Å². The van der Waals surface area contributed by atoms with Crippen molar-refractivity contribution in [3.8, 4) is 17.5 Å². The number of rotatable bonds is 1. The van der Waals surface area contributed by atoms with Crippen molar-refractivity contribution in [1.82, 2.24) is 14.6 Å². The van der Waals surface area contributed by atoms with Crippen LogP contribution in [-0.4, -0.2) is 14.6 Å². The molecule has 3 aromatic rings. The van der Waals surface area contributed by atoms with Gasteiger partial charge in [0.25, 0.3) is 0 Å². The van der Waals surface area contributed by atoms with E-state index in [2.05, 4.69) is 16.3 Å². The largest absolute Gasteiger partial charge is 0.281 e. The van der Waals surface area contributed by atoms with Gasteiger partial charge in [0.2, 0.25) is 0 Å². The molecule has 0 unspecified atom stereocenters. The molecule has 17 heavy (non-hydrogen) atoms. The predicted molar refractivity (Wildman–Crippen MR) is 63.1 cm³/mol. The summed E-state index contributed by atoms with van der Waals surface area (Å²) in [5, 5.41) is 17.1. The van der Waals surface area contributed by atoms with Gasteiger partial charge in [-0.3, -0.25) is 4.40 Å². The van der Waals surface area contributed by atoms with Crippen LogP contribution in [0.25, 0.3) is 17.0 Å². The molecule has 0 N–H and O–H groups in total. The van der Waals surface area contributed by atoms with E-state index in [1.54, 1.807) is 18.3 Å². The van der Waals surface area contributed by atoms with Crippen molar-refractivity contribution in [2.45, 2.75) is 0 Å². The maximum atomic E-state index is 8.89. The molecule has 0 amide bonds. The summed E-state index contributed by atoms with van der Waals surface area (Å²) in [4.78, 5) is 0. The minimum absolute atomic E-state index is 0.592. The summed E-state index contributed by atoms with van der Waals surface area (Å²) in [5.41, 5.74) is 2.31. The molecule has 2 aromatic heterocycles. The number of benzene rings is 1. The van der Waals surface area contributed by atoms with Gasteiger partial charge in [-0.05, 0) is 12.1 Å². The first-order chi connectivity index (χ1) is 8.38. The van der Waals surface area contributed by atoms with Crippen LogP contribution in [0.15, 0.2) is 48.7 Å². The Kier molecular flexibility index (Phi) is 2.09. The van der Waals surface area contributed by atoms with Crippen LogP contribution in [0.3, 0.4) is 0 Å². The first kappa shape index (κ1) is 9.55. The number of hydrogen-bond donors (Lipinski definition) is 0. The molecule has 0 fully saturated rings. The fourth-order valence-corrected chi connectivity index (χ4v) is 1.74. The highest BCUT2D eigenvalue weighted by molar-refractivity contribution is 5.59. The summed E-state index contributed by atoms with van der Waals surface area (Å²) in [6, 6.07) is 15.4. The van der Waals surface area contributed by atoms with Gasteiger partial charge in [-0.25, -0.2) is 0 Å². The SMILES string of the molecule is N#Cc1ccc2nnc(-c3ccccc3)n2c1. The smallest absolute Gasteiger partial charge is 0.168 e. The van der Waals surface area contributed by atoms with Gasteiger partial charge in [-0.15, -0.1) is 10.2 Å². The molecule has 0 saturated heterocycles. The normalized spacial score (nSPS) is 10.3. The molecule has 0 atom stereocenters. The molecular weight excluding hydrogens is 212 g/mol. The van der Waals surface area contributed by atoms with Crippen molar-refractivity contribution in [1.29, 1.82) is 5.26 Å². The molecule has 2 heterocycles. The number of aromatic nitrogens is 3.